The van der Waals surface area contributed by atoms with E-state index in [9.17, 15) is 14.9 Å². The van der Waals surface area contributed by atoms with Crippen LogP contribution in [-0.4, -0.2) is 17.4 Å². The third-order valence-electron chi connectivity index (χ3n) is 3.49. The number of ether oxygens (including phenoxy) is 1. The van der Waals surface area contributed by atoms with Gasteiger partial charge in [-0.05, 0) is 30.2 Å². The molecule has 0 aromatic heterocycles. The van der Waals surface area contributed by atoms with Crippen molar-refractivity contribution in [2.45, 2.75) is 26.3 Å². The number of amides is 1. The summed E-state index contributed by atoms with van der Waals surface area (Å²) >= 11 is 0. The highest BCUT2D eigenvalue weighted by atomic mass is 16.6. The molecular weight excluding hydrogens is 308 g/mol. The summed E-state index contributed by atoms with van der Waals surface area (Å²) < 4.78 is 5.58. The fraction of sp³-hybridized carbons (Fsp3) is 0.278. The topological polar surface area (TPSA) is 81.5 Å². The molecule has 126 valence electrons. The van der Waals surface area contributed by atoms with Gasteiger partial charge in [-0.15, -0.1) is 0 Å². The van der Waals surface area contributed by atoms with Crippen molar-refractivity contribution in [2.24, 2.45) is 0 Å². The number of hydrogen-bond donors (Lipinski definition) is 1. The Labute approximate surface area is 140 Å². The van der Waals surface area contributed by atoms with Crippen molar-refractivity contribution >= 4 is 11.6 Å². The van der Waals surface area contributed by atoms with Crippen molar-refractivity contribution in [2.75, 3.05) is 6.61 Å². The molecule has 0 unspecified atom stereocenters. The van der Waals surface area contributed by atoms with Gasteiger partial charge >= 0.3 is 0 Å². The summed E-state index contributed by atoms with van der Waals surface area (Å²) in [7, 11) is 0. The van der Waals surface area contributed by atoms with Gasteiger partial charge in [-0.3, -0.25) is 14.9 Å². The summed E-state index contributed by atoms with van der Waals surface area (Å²) in [5, 5.41) is 13.7. The lowest BCUT2D eigenvalue weighted by Gasteiger charge is -2.08. The molecule has 0 heterocycles. The predicted molar refractivity (Wildman–Crippen MR) is 91.1 cm³/mol. The van der Waals surface area contributed by atoms with Gasteiger partial charge in [0.1, 0.15) is 11.3 Å². The van der Waals surface area contributed by atoms with Gasteiger partial charge in [0.05, 0.1) is 11.5 Å². The Morgan fingerprint density at radius 3 is 2.54 bits per heavy atom. The molecular formula is C18H20N2O4. The van der Waals surface area contributed by atoms with Crippen LogP contribution in [0.25, 0.3) is 0 Å². The zero-order valence-corrected chi connectivity index (χ0v) is 13.5. The molecule has 2 aromatic rings. The van der Waals surface area contributed by atoms with Gasteiger partial charge in [0.2, 0.25) is 0 Å². The molecule has 0 spiro atoms. The summed E-state index contributed by atoms with van der Waals surface area (Å²) in [6.45, 7) is 3.08. The van der Waals surface area contributed by atoms with E-state index in [1.165, 1.54) is 18.2 Å². The molecule has 0 radical (unpaired) electrons. The number of nitro benzene ring substituents is 1. The Morgan fingerprint density at radius 1 is 1.17 bits per heavy atom. The molecule has 0 fully saturated rings. The number of unbranched alkanes of at least 4 members (excludes halogenated alkanes) is 1. The molecule has 0 aliphatic heterocycles. The summed E-state index contributed by atoms with van der Waals surface area (Å²) in [4.78, 5) is 22.5. The summed E-state index contributed by atoms with van der Waals surface area (Å²) in [6, 6.07) is 13.3. The number of benzene rings is 2. The van der Waals surface area contributed by atoms with E-state index >= 15 is 0 Å². The van der Waals surface area contributed by atoms with E-state index < -0.39 is 10.8 Å². The highest BCUT2D eigenvalue weighted by molar-refractivity contribution is 5.98. The molecule has 0 atom stereocenters. The smallest absolute Gasteiger partial charge is 0.282 e. The first-order chi connectivity index (χ1) is 11.6. The zero-order valence-electron chi connectivity index (χ0n) is 13.5. The van der Waals surface area contributed by atoms with Gasteiger partial charge < -0.3 is 10.1 Å². The SMILES string of the molecule is CCCCOc1ccc(CNC(=O)c2ccccc2[N+](=O)[O-])cc1. The Morgan fingerprint density at radius 2 is 1.88 bits per heavy atom. The second kappa shape index (κ2) is 8.67. The van der Waals surface area contributed by atoms with Crippen molar-refractivity contribution in [1.29, 1.82) is 0 Å². The van der Waals surface area contributed by atoms with Gasteiger partial charge in [-0.2, -0.15) is 0 Å². The monoisotopic (exact) mass is 328 g/mol. The molecule has 1 N–H and O–H groups in total. The lowest BCUT2D eigenvalue weighted by Crippen LogP contribution is -2.23. The molecule has 1 amide bonds. The van der Waals surface area contributed by atoms with Crippen LogP contribution in [0.2, 0.25) is 0 Å². The predicted octanol–water partition coefficient (Wildman–Crippen LogP) is 3.70. The van der Waals surface area contributed by atoms with E-state index in [4.69, 9.17) is 4.74 Å². The fourth-order valence-electron chi connectivity index (χ4n) is 2.14. The van der Waals surface area contributed by atoms with Crippen molar-refractivity contribution in [3.63, 3.8) is 0 Å². The third kappa shape index (κ3) is 4.81. The van der Waals surface area contributed by atoms with E-state index in [1.54, 1.807) is 6.07 Å². The van der Waals surface area contributed by atoms with Crippen LogP contribution >= 0.6 is 0 Å². The molecule has 0 aliphatic rings. The summed E-state index contributed by atoms with van der Waals surface area (Å²) in [6.07, 6.45) is 2.09. The van der Waals surface area contributed by atoms with Gasteiger partial charge in [0, 0.05) is 12.6 Å². The van der Waals surface area contributed by atoms with Crippen molar-refractivity contribution in [3.05, 3.63) is 69.8 Å². The number of nitrogens with one attached hydrogen (secondary N) is 1. The molecule has 0 saturated heterocycles. The minimum atomic E-state index is -0.558. The highest BCUT2D eigenvalue weighted by Crippen LogP contribution is 2.18. The molecule has 6 heteroatoms. The normalized spacial score (nSPS) is 10.2. The van der Waals surface area contributed by atoms with Gasteiger partial charge in [-0.25, -0.2) is 0 Å². The van der Waals surface area contributed by atoms with Crippen molar-refractivity contribution in [3.8, 4) is 5.75 Å². The van der Waals surface area contributed by atoms with Crippen LogP contribution in [0.15, 0.2) is 48.5 Å². The maximum Gasteiger partial charge on any atom is 0.282 e. The first kappa shape index (κ1) is 17.5. The number of para-hydroxylation sites is 1. The van der Waals surface area contributed by atoms with Crippen LogP contribution in [-0.2, 0) is 6.54 Å². The minimum absolute atomic E-state index is 0.0574. The highest BCUT2D eigenvalue weighted by Gasteiger charge is 2.18. The van der Waals surface area contributed by atoms with Crippen molar-refractivity contribution in [1.82, 2.24) is 5.32 Å². The number of nitrogens with zero attached hydrogens (tertiary/aromatic N) is 1. The minimum Gasteiger partial charge on any atom is -0.494 e. The first-order valence-electron chi connectivity index (χ1n) is 7.85. The van der Waals surface area contributed by atoms with Gasteiger partial charge in [0.25, 0.3) is 11.6 Å². The fourth-order valence-corrected chi connectivity index (χ4v) is 2.14. The van der Waals surface area contributed by atoms with Crippen LogP contribution in [0.5, 0.6) is 5.75 Å². The molecule has 6 nitrogen and oxygen atoms in total. The molecule has 2 aromatic carbocycles. The van der Waals surface area contributed by atoms with E-state index in [0.29, 0.717) is 13.2 Å². The van der Waals surface area contributed by atoms with Crippen molar-refractivity contribution < 1.29 is 14.5 Å². The van der Waals surface area contributed by atoms with E-state index in [0.717, 1.165) is 24.2 Å². The Hall–Kier alpha value is -2.89. The second-order valence-electron chi connectivity index (χ2n) is 5.30. The van der Waals surface area contributed by atoms with Crippen LogP contribution in [0.3, 0.4) is 0 Å². The summed E-state index contributed by atoms with van der Waals surface area (Å²) in [5.74, 6) is 0.322. The summed E-state index contributed by atoms with van der Waals surface area (Å²) in [5.41, 5.74) is 0.751. The number of carbonyl (C=O) groups is 1. The Balaban J connectivity index is 1.93. The van der Waals surface area contributed by atoms with Gasteiger partial charge in [0.15, 0.2) is 0 Å². The van der Waals surface area contributed by atoms with E-state index in [1.807, 2.05) is 24.3 Å². The Bertz CT molecular complexity index is 698. The van der Waals surface area contributed by atoms with Crippen LogP contribution in [0.4, 0.5) is 5.69 Å². The molecule has 2 rings (SSSR count). The quantitative estimate of drug-likeness (QED) is 0.455. The van der Waals surface area contributed by atoms with Gasteiger partial charge in [-0.1, -0.05) is 37.6 Å². The number of nitro groups is 1. The molecule has 24 heavy (non-hydrogen) atoms. The lowest BCUT2D eigenvalue weighted by molar-refractivity contribution is -0.385. The maximum absolute atomic E-state index is 12.1. The average Bonchev–Trinajstić information content (AvgIpc) is 2.61. The first-order valence-corrected chi connectivity index (χ1v) is 7.85. The third-order valence-corrected chi connectivity index (χ3v) is 3.49. The zero-order chi connectivity index (χ0) is 17.4. The van der Waals surface area contributed by atoms with Crippen LogP contribution < -0.4 is 10.1 Å². The number of hydrogen-bond acceptors (Lipinski definition) is 4. The lowest BCUT2D eigenvalue weighted by atomic mass is 10.1. The largest absolute Gasteiger partial charge is 0.494 e. The van der Waals surface area contributed by atoms with E-state index in [-0.39, 0.29) is 11.3 Å². The van der Waals surface area contributed by atoms with E-state index in [2.05, 4.69) is 12.2 Å². The maximum atomic E-state index is 12.1. The molecule has 0 aliphatic carbocycles. The molecule has 0 saturated carbocycles. The number of carbonyl (C=O) groups excluding carboxylic acids is 1. The average molecular weight is 328 g/mol. The van der Waals surface area contributed by atoms with Crippen LogP contribution in [0, 0.1) is 10.1 Å². The standard InChI is InChI=1S/C18H20N2O4/c1-2-3-12-24-15-10-8-14(9-11-15)13-19-18(21)16-6-4-5-7-17(16)20(22)23/h4-11H,2-3,12-13H2,1H3,(H,19,21). The second-order valence-corrected chi connectivity index (χ2v) is 5.30. The molecule has 0 bridgehead atoms. The number of rotatable bonds is 8. The van der Waals surface area contributed by atoms with Crippen LogP contribution in [0.1, 0.15) is 35.7 Å². The Kier molecular flexibility index (Phi) is 6.31.